The summed E-state index contributed by atoms with van der Waals surface area (Å²) in [4.78, 5) is 98.9. The summed E-state index contributed by atoms with van der Waals surface area (Å²) in [7, 11) is 7.33. The topological polar surface area (TPSA) is 247 Å². The third-order valence-corrected chi connectivity index (χ3v) is 13.1. The Morgan fingerprint density at radius 2 is 0.900 bits per heavy atom. The Balaban J connectivity index is 1.94. The van der Waals surface area contributed by atoms with Crippen LogP contribution in [0.5, 0.6) is 0 Å². The van der Waals surface area contributed by atoms with E-state index < -0.39 is 95.2 Å². The van der Waals surface area contributed by atoms with Gasteiger partial charge in [0.15, 0.2) is 0 Å². The van der Waals surface area contributed by atoms with E-state index in [9.17, 15) is 28.8 Å². The second-order valence-corrected chi connectivity index (χ2v) is 20.6. The molecule has 2 saturated carbocycles. The first-order valence-electron chi connectivity index (χ1n) is 24.8. The van der Waals surface area contributed by atoms with Crippen LogP contribution in [0.1, 0.15) is 125 Å². The fourth-order valence-electron chi connectivity index (χ4n) is 9.44. The Morgan fingerprint density at radius 1 is 0.514 bits per heavy atom. The predicted octanol–water partition coefficient (Wildman–Crippen LogP) is 4.23. The van der Waals surface area contributed by atoms with Gasteiger partial charge in [-0.3, -0.25) is 24.0 Å². The minimum absolute atomic E-state index is 0.00545. The number of carbonyl (C=O) groups excluding carboxylic acids is 7. The molecule has 0 aromatic heterocycles. The van der Waals surface area contributed by atoms with Crippen molar-refractivity contribution in [1.29, 1.82) is 0 Å². The maximum Gasteiger partial charge on any atom is 0.408 e. The van der Waals surface area contributed by atoms with Crippen LogP contribution in [-0.4, -0.2) is 137 Å². The third kappa shape index (κ3) is 17.5. The molecular formula is C51H84N6O13. The molecule has 0 bridgehead atoms. The van der Waals surface area contributed by atoms with Crippen LogP contribution in [-0.2, 0) is 63.8 Å². The van der Waals surface area contributed by atoms with E-state index in [2.05, 4.69) is 31.9 Å². The number of hydrogen-bond acceptors (Lipinski definition) is 13. The molecule has 1 aromatic carbocycles. The van der Waals surface area contributed by atoms with Gasteiger partial charge in [-0.1, -0.05) is 85.7 Å². The Kier molecular flexibility index (Phi) is 24.0. The second-order valence-electron chi connectivity index (χ2n) is 20.6. The highest BCUT2D eigenvalue weighted by Crippen LogP contribution is 2.35. The first kappa shape index (κ1) is 59.5. The number of amides is 6. The van der Waals surface area contributed by atoms with Crippen molar-refractivity contribution in [2.45, 2.75) is 186 Å². The Bertz CT molecular complexity index is 1870. The maximum absolute atomic E-state index is 15.0. The van der Waals surface area contributed by atoms with Crippen LogP contribution in [0.4, 0.5) is 4.79 Å². The number of ether oxygens (including phenoxy) is 6. The van der Waals surface area contributed by atoms with Crippen molar-refractivity contribution in [3.8, 4) is 0 Å². The van der Waals surface area contributed by atoms with Crippen LogP contribution in [0.2, 0.25) is 0 Å². The lowest BCUT2D eigenvalue weighted by Gasteiger charge is -2.44. The number of alkyl carbamates (subject to hydrolysis) is 1. The van der Waals surface area contributed by atoms with Crippen molar-refractivity contribution in [1.82, 2.24) is 31.9 Å². The molecule has 0 spiro atoms. The van der Waals surface area contributed by atoms with Crippen LogP contribution >= 0.6 is 0 Å². The van der Waals surface area contributed by atoms with Crippen molar-refractivity contribution in [2.75, 3.05) is 35.5 Å². The van der Waals surface area contributed by atoms with Crippen molar-refractivity contribution in [3.63, 3.8) is 0 Å². The zero-order valence-electron chi connectivity index (χ0n) is 43.9. The molecule has 0 radical (unpaired) electrons. The molecular weight excluding hydrogens is 905 g/mol. The van der Waals surface area contributed by atoms with Gasteiger partial charge in [-0.2, -0.15) is 0 Å². The molecule has 2 unspecified atom stereocenters. The van der Waals surface area contributed by atoms with Gasteiger partial charge in [0, 0.05) is 41.3 Å². The second kappa shape index (κ2) is 28.3. The van der Waals surface area contributed by atoms with Gasteiger partial charge < -0.3 is 60.3 Å². The average molecular weight is 989 g/mol. The highest BCUT2D eigenvalue weighted by molar-refractivity contribution is 5.99. The average Bonchev–Trinajstić information content (AvgIpc) is 3.31. The van der Waals surface area contributed by atoms with Gasteiger partial charge in [0.05, 0.1) is 31.5 Å². The molecule has 70 heavy (non-hydrogen) atoms. The van der Waals surface area contributed by atoms with Crippen molar-refractivity contribution in [3.05, 3.63) is 35.9 Å². The minimum atomic E-state index is -1.65. The van der Waals surface area contributed by atoms with E-state index in [0.717, 1.165) is 5.56 Å². The molecule has 0 aliphatic heterocycles. The Morgan fingerprint density at radius 3 is 1.31 bits per heavy atom. The van der Waals surface area contributed by atoms with E-state index in [1.807, 2.05) is 85.7 Å². The fourth-order valence-corrected chi connectivity index (χ4v) is 9.44. The van der Waals surface area contributed by atoms with Crippen LogP contribution < -0.4 is 31.9 Å². The molecule has 19 nitrogen and oxygen atoms in total. The zero-order valence-corrected chi connectivity index (χ0v) is 43.9. The molecule has 6 N–H and O–H groups in total. The van der Waals surface area contributed by atoms with E-state index in [0.29, 0.717) is 12.8 Å². The normalized spacial score (nSPS) is 24.2. The highest BCUT2D eigenvalue weighted by atomic mass is 16.6. The van der Waals surface area contributed by atoms with Crippen molar-refractivity contribution >= 4 is 41.6 Å². The summed E-state index contributed by atoms with van der Waals surface area (Å²) >= 11 is 0. The molecule has 396 valence electrons. The van der Waals surface area contributed by atoms with Gasteiger partial charge in [-0.15, -0.1) is 0 Å². The molecule has 3 rings (SSSR count). The number of rotatable bonds is 26. The SMILES string of the molecule is COC(=O)C1(NC(=O)[C@H](CC(C)C)NC(=O)[C@H](CC(C)C)NC(=O)C2(NC(=O)[C@H](CC(C)C)NC(=O)[C@H](CC(C)C)NC(=O)OCc3ccccc3)CC[C@@H](OC)[C@H](OC)C2)CC[C@@H](OC)[C@H](OC)C1. The lowest BCUT2D eigenvalue weighted by atomic mass is 9.77. The number of esters is 1. The molecule has 19 heteroatoms. The van der Waals surface area contributed by atoms with Gasteiger partial charge in [-0.25, -0.2) is 9.59 Å². The maximum atomic E-state index is 15.0. The van der Waals surface area contributed by atoms with E-state index in [1.165, 1.54) is 28.4 Å². The number of hydrogen-bond donors (Lipinski definition) is 6. The summed E-state index contributed by atoms with van der Waals surface area (Å²) in [5.74, 6) is -4.12. The number of carbonyl (C=O) groups is 7. The zero-order chi connectivity index (χ0) is 52.3. The largest absolute Gasteiger partial charge is 0.467 e. The minimum Gasteiger partial charge on any atom is -0.467 e. The van der Waals surface area contributed by atoms with Crippen molar-refractivity contribution < 1.29 is 62.0 Å². The van der Waals surface area contributed by atoms with Gasteiger partial charge >= 0.3 is 12.1 Å². The third-order valence-electron chi connectivity index (χ3n) is 13.1. The Labute approximate surface area is 415 Å². The monoisotopic (exact) mass is 989 g/mol. The highest BCUT2D eigenvalue weighted by Gasteiger charge is 2.51. The smallest absolute Gasteiger partial charge is 0.408 e. The first-order chi connectivity index (χ1) is 33.1. The molecule has 2 fully saturated rings. The van der Waals surface area contributed by atoms with Gasteiger partial charge in [0.2, 0.25) is 29.5 Å². The summed E-state index contributed by atoms with van der Waals surface area (Å²) in [6, 6.07) is 4.63. The summed E-state index contributed by atoms with van der Waals surface area (Å²) in [6.45, 7) is 15.2. The summed E-state index contributed by atoms with van der Waals surface area (Å²) in [5, 5.41) is 17.3. The predicted molar refractivity (Wildman–Crippen MR) is 262 cm³/mol. The Hall–Kier alpha value is -4.85. The lowest BCUT2D eigenvalue weighted by molar-refractivity contribution is -0.160. The first-order valence-corrected chi connectivity index (χ1v) is 24.8. The van der Waals surface area contributed by atoms with E-state index in [-0.39, 0.29) is 87.7 Å². The lowest BCUT2D eigenvalue weighted by Crippen LogP contribution is -2.68. The van der Waals surface area contributed by atoms with Crippen LogP contribution in [0.3, 0.4) is 0 Å². The standard InChI is InChI=1S/C51H84N6O13/c1-30(2)23-35(43(58)52-38(26-33(7)8)46(61)57-51(48(63)69-13)22-20-40(66-10)42(28-51)68-12)54-47(62)50(21-19-39(65-9)41(27-50)67-11)56-45(60)37(25-32(5)6)53-44(59)36(24-31(3)4)55-49(64)70-29-34-17-15-14-16-18-34/h14-18,30-33,35-42H,19-29H2,1-13H3,(H,52,58)(H,53,59)(H,54,62)(H,55,64)(H,56,60)(H,57,61)/t35-,36-,37-,38-,39+,40+,41+,42+,50?,51?/m0/s1. The fraction of sp³-hybridized carbons (Fsp3) is 0.745. The molecule has 6 amide bonds. The van der Waals surface area contributed by atoms with Gasteiger partial charge in [0.1, 0.15) is 41.9 Å². The van der Waals surface area contributed by atoms with Crippen LogP contribution in [0.25, 0.3) is 0 Å². The summed E-state index contributed by atoms with van der Waals surface area (Å²) in [5.41, 5.74) is -2.34. The molecule has 0 saturated heterocycles. The summed E-state index contributed by atoms with van der Waals surface area (Å²) in [6.07, 6.45) is -0.874. The number of nitrogens with one attached hydrogen (secondary N) is 6. The molecule has 2 aliphatic carbocycles. The molecule has 10 atom stereocenters. The van der Waals surface area contributed by atoms with Crippen LogP contribution in [0.15, 0.2) is 30.3 Å². The molecule has 0 heterocycles. The number of methoxy groups -OCH3 is 5. The molecule has 1 aromatic rings. The van der Waals surface area contributed by atoms with Gasteiger partial charge in [-0.05, 0) is 80.6 Å². The molecule has 2 aliphatic rings. The van der Waals surface area contributed by atoms with E-state index >= 15 is 4.79 Å². The van der Waals surface area contributed by atoms with Gasteiger partial charge in [0.25, 0.3) is 0 Å². The summed E-state index contributed by atoms with van der Waals surface area (Å²) < 4.78 is 33.4. The van der Waals surface area contributed by atoms with E-state index in [4.69, 9.17) is 28.4 Å². The van der Waals surface area contributed by atoms with Crippen LogP contribution in [0, 0.1) is 23.7 Å². The number of benzene rings is 1. The quantitative estimate of drug-likeness (QED) is 0.0713. The van der Waals surface area contributed by atoms with Crippen molar-refractivity contribution in [2.24, 2.45) is 23.7 Å². The van der Waals surface area contributed by atoms with E-state index in [1.54, 1.807) is 7.11 Å².